The summed E-state index contributed by atoms with van der Waals surface area (Å²) in [5.41, 5.74) is 0. The van der Waals surface area contributed by atoms with Gasteiger partial charge in [0.15, 0.2) is 0 Å². The molecule has 1 unspecified atom stereocenters. The van der Waals surface area contributed by atoms with Crippen LogP contribution < -0.4 is 5.32 Å². The number of hydrogen-bond donors (Lipinski definition) is 1. The van der Waals surface area contributed by atoms with Crippen molar-refractivity contribution in [3.63, 3.8) is 0 Å². The monoisotopic (exact) mass is 260 g/mol. The van der Waals surface area contributed by atoms with Crippen LogP contribution in [0.4, 0.5) is 0 Å². The smallest absolute Gasteiger partial charge is 0.0730 e. The van der Waals surface area contributed by atoms with Gasteiger partial charge >= 0.3 is 0 Å². The molecule has 0 aromatic carbocycles. The fourth-order valence-electron chi connectivity index (χ4n) is 3.08. The van der Waals surface area contributed by atoms with E-state index in [9.17, 15) is 0 Å². The molecule has 4 heteroatoms. The lowest BCUT2D eigenvalue weighted by molar-refractivity contribution is -0.0442. The Labute approximate surface area is 111 Å². The first-order chi connectivity index (χ1) is 7.92. The first-order valence-corrected chi connectivity index (χ1v) is 6.96. The molecule has 0 amide bonds. The highest BCUT2D eigenvalue weighted by molar-refractivity contribution is 5.85. The molecule has 1 saturated carbocycles. The van der Waals surface area contributed by atoms with Crippen molar-refractivity contribution in [2.24, 2.45) is 11.8 Å². The lowest BCUT2D eigenvalue weighted by Crippen LogP contribution is -2.46. The van der Waals surface area contributed by atoms with Crippen LogP contribution in [0, 0.1) is 11.8 Å². The van der Waals surface area contributed by atoms with Crippen LogP contribution >= 0.6 is 12.4 Å². The summed E-state index contributed by atoms with van der Waals surface area (Å²) >= 11 is 0. The Bertz CT molecular complexity index is 229. The summed E-state index contributed by atoms with van der Waals surface area (Å²) in [6.45, 7) is 7.09. The number of hydrogen-bond acceptors (Lipinski definition) is 3. The predicted molar refractivity (Wildman–Crippen MR) is 71.7 cm³/mol. The lowest BCUT2D eigenvalue weighted by Gasteiger charge is -2.36. The van der Waals surface area contributed by atoms with Gasteiger partial charge in [0.25, 0.3) is 0 Å². The van der Waals surface area contributed by atoms with Crippen LogP contribution in [0.15, 0.2) is 0 Å². The molecule has 3 fully saturated rings. The molecule has 3 rings (SSSR count). The number of piperidine rings is 1. The van der Waals surface area contributed by atoms with Gasteiger partial charge in [-0.05, 0) is 50.6 Å². The van der Waals surface area contributed by atoms with Crippen molar-refractivity contribution < 1.29 is 4.74 Å². The maximum Gasteiger partial charge on any atom is 0.0730 e. The van der Waals surface area contributed by atoms with Crippen LogP contribution in [0.25, 0.3) is 0 Å². The molecular formula is C13H25ClN2O. The van der Waals surface area contributed by atoms with E-state index < -0.39 is 0 Å². The third-order valence-electron chi connectivity index (χ3n) is 4.30. The van der Waals surface area contributed by atoms with Gasteiger partial charge in [0, 0.05) is 19.6 Å². The summed E-state index contributed by atoms with van der Waals surface area (Å²) in [6, 6.07) is 0. The summed E-state index contributed by atoms with van der Waals surface area (Å²) in [5, 5.41) is 3.45. The van der Waals surface area contributed by atoms with Crippen molar-refractivity contribution in [3.8, 4) is 0 Å². The number of ether oxygens (including phenoxy) is 1. The summed E-state index contributed by atoms with van der Waals surface area (Å²) in [5.74, 6) is 1.83. The second-order valence-electron chi connectivity index (χ2n) is 5.70. The molecule has 1 N–H and O–H groups in total. The van der Waals surface area contributed by atoms with Gasteiger partial charge in [0.05, 0.1) is 12.7 Å². The number of nitrogens with one attached hydrogen (secondary N) is 1. The highest BCUT2D eigenvalue weighted by Crippen LogP contribution is 2.35. The van der Waals surface area contributed by atoms with E-state index in [4.69, 9.17) is 4.74 Å². The molecule has 3 nitrogen and oxygen atoms in total. The minimum atomic E-state index is 0. The Kier molecular flexibility index (Phi) is 5.10. The first-order valence-electron chi connectivity index (χ1n) is 6.96. The summed E-state index contributed by atoms with van der Waals surface area (Å²) in [6.07, 6.45) is 6.12. The number of halogens is 1. The summed E-state index contributed by atoms with van der Waals surface area (Å²) in [4.78, 5) is 2.66. The molecule has 0 bridgehead atoms. The molecule has 0 spiro atoms. The van der Waals surface area contributed by atoms with E-state index in [-0.39, 0.29) is 12.4 Å². The molecule has 3 aliphatic rings. The predicted octanol–water partition coefficient (Wildman–Crippen LogP) is 1.52. The van der Waals surface area contributed by atoms with Crippen LogP contribution in [0.1, 0.15) is 25.7 Å². The van der Waals surface area contributed by atoms with Crippen LogP contribution in [0.2, 0.25) is 0 Å². The van der Waals surface area contributed by atoms with E-state index in [1.54, 1.807) is 0 Å². The zero-order chi connectivity index (χ0) is 10.8. The highest BCUT2D eigenvalue weighted by atomic mass is 35.5. The number of nitrogens with zero attached hydrogens (tertiary/aromatic N) is 1. The average Bonchev–Trinajstić information content (AvgIpc) is 3.15. The lowest BCUT2D eigenvalue weighted by atomic mass is 9.97. The van der Waals surface area contributed by atoms with Crippen molar-refractivity contribution in [1.29, 1.82) is 0 Å². The van der Waals surface area contributed by atoms with E-state index in [0.717, 1.165) is 25.0 Å². The van der Waals surface area contributed by atoms with E-state index in [1.165, 1.54) is 51.9 Å². The van der Waals surface area contributed by atoms with Crippen molar-refractivity contribution >= 4 is 12.4 Å². The average molecular weight is 261 g/mol. The minimum absolute atomic E-state index is 0. The topological polar surface area (TPSA) is 24.5 Å². The Balaban J connectivity index is 0.00000108. The second kappa shape index (κ2) is 6.37. The molecular weight excluding hydrogens is 236 g/mol. The van der Waals surface area contributed by atoms with Crippen molar-refractivity contribution in [1.82, 2.24) is 10.2 Å². The zero-order valence-electron chi connectivity index (χ0n) is 10.6. The Hall–Kier alpha value is 0.170. The van der Waals surface area contributed by atoms with Gasteiger partial charge in [-0.1, -0.05) is 0 Å². The van der Waals surface area contributed by atoms with Gasteiger partial charge in [-0.3, -0.25) is 4.90 Å². The Morgan fingerprint density at radius 2 is 1.88 bits per heavy atom. The molecule has 0 radical (unpaired) electrons. The van der Waals surface area contributed by atoms with Crippen molar-refractivity contribution in [2.45, 2.75) is 31.8 Å². The molecule has 0 aromatic heterocycles. The molecule has 17 heavy (non-hydrogen) atoms. The van der Waals surface area contributed by atoms with Crippen LogP contribution in [-0.4, -0.2) is 50.3 Å². The van der Waals surface area contributed by atoms with E-state index in [0.29, 0.717) is 6.10 Å². The van der Waals surface area contributed by atoms with Crippen molar-refractivity contribution in [3.05, 3.63) is 0 Å². The Morgan fingerprint density at radius 3 is 2.59 bits per heavy atom. The standard InChI is InChI=1S/C13H24N2O.ClH/c1-2-12(1)13-10-15(7-8-16-13)9-11-3-5-14-6-4-11;/h11-14H,1-10H2;1H. The van der Waals surface area contributed by atoms with E-state index in [2.05, 4.69) is 10.2 Å². The van der Waals surface area contributed by atoms with E-state index >= 15 is 0 Å². The molecule has 2 saturated heterocycles. The molecule has 1 atom stereocenters. The zero-order valence-corrected chi connectivity index (χ0v) is 11.4. The third kappa shape index (κ3) is 3.82. The number of morpholine rings is 1. The fourth-order valence-corrected chi connectivity index (χ4v) is 3.08. The fraction of sp³-hybridized carbons (Fsp3) is 1.00. The maximum absolute atomic E-state index is 5.87. The Morgan fingerprint density at radius 1 is 1.12 bits per heavy atom. The third-order valence-corrected chi connectivity index (χ3v) is 4.30. The van der Waals surface area contributed by atoms with Crippen molar-refractivity contribution in [2.75, 3.05) is 39.3 Å². The summed E-state index contributed by atoms with van der Waals surface area (Å²) in [7, 11) is 0. The highest BCUT2D eigenvalue weighted by Gasteiger charge is 2.35. The largest absolute Gasteiger partial charge is 0.375 e. The van der Waals surface area contributed by atoms with Gasteiger partial charge in [-0.2, -0.15) is 0 Å². The van der Waals surface area contributed by atoms with Gasteiger partial charge < -0.3 is 10.1 Å². The normalized spacial score (nSPS) is 32.1. The van der Waals surface area contributed by atoms with Crippen LogP contribution in [-0.2, 0) is 4.74 Å². The first kappa shape index (κ1) is 13.6. The molecule has 2 heterocycles. The molecule has 2 aliphatic heterocycles. The van der Waals surface area contributed by atoms with Gasteiger partial charge in [0.2, 0.25) is 0 Å². The SMILES string of the molecule is C1CC(CN2CCOC(C3CC3)C2)CCN1.Cl. The quantitative estimate of drug-likeness (QED) is 0.833. The molecule has 0 aromatic rings. The van der Waals surface area contributed by atoms with Gasteiger partial charge in [0.1, 0.15) is 0 Å². The van der Waals surface area contributed by atoms with Crippen LogP contribution in [0.5, 0.6) is 0 Å². The molecule has 100 valence electrons. The molecule has 1 aliphatic carbocycles. The maximum atomic E-state index is 5.87. The van der Waals surface area contributed by atoms with E-state index in [1.807, 2.05) is 0 Å². The summed E-state index contributed by atoms with van der Waals surface area (Å²) < 4.78 is 5.87. The van der Waals surface area contributed by atoms with Crippen LogP contribution in [0.3, 0.4) is 0 Å². The number of rotatable bonds is 3. The van der Waals surface area contributed by atoms with Gasteiger partial charge in [-0.15, -0.1) is 12.4 Å². The van der Waals surface area contributed by atoms with Gasteiger partial charge in [-0.25, -0.2) is 0 Å². The second-order valence-corrected chi connectivity index (χ2v) is 5.70. The minimum Gasteiger partial charge on any atom is -0.375 e.